The van der Waals surface area contributed by atoms with E-state index in [0.29, 0.717) is 6.04 Å². The van der Waals surface area contributed by atoms with Gasteiger partial charge in [0, 0.05) is 28.0 Å². The topological polar surface area (TPSA) is 12.0 Å². The second kappa shape index (κ2) is 6.47. The van der Waals surface area contributed by atoms with Gasteiger partial charge in [-0.3, -0.25) is 0 Å². The van der Waals surface area contributed by atoms with Gasteiger partial charge >= 0.3 is 0 Å². The van der Waals surface area contributed by atoms with Crippen LogP contribution in [0, 0.1) is 0 Å². The van der Waals surface area contributed by atoms with E-state index in [0.717, 1.165) is 16.6 Å². The number of hydrogen-bond donors (Lipinski definition) is 1. The fraction of sp³-hybridized carbons (Fsp3) is 0.625. The predicted molar refractivity (Wildman–Crippen MR) is 84.4 cm³/mol. The Kier molecular flexibility index (Phi) is 5.16. The molecule has 0 atom stereocenters. The van der Waals surface area contributed by atoms with Crippen molar-refractivity contribution in [2.75, 3.05) is 6.54 Å². The molecule has 2 rings (SSSR count). The highest BCUT2D eigenvalue weighted by Gasteiger charge is 2.35. The summed E-state index contributed by atoms with van der Waals surface area (Å²) in [6.07, 6.45) is 6.36. The molecule has 0 unspecified atom stereocenters. The standard InChI is InChI=1S/C16H23Cl2N/c1-12(2)19-11-16(8-4-3-5-9-16)14-7-6-13(17)10-15(14)18/h6-7,10,12,19H,3-5,8-9,11H2,1-2H3. The first-order chi connectivity index (χ1) is 9.03. The monoisotopic (exact) mass is 299 g/mol. The summed E-state index contributed by atoms with van der Waals surface area (Å²) in [4.78, 5) is 0. The molecular formula is C16H23Cl2N. The van der Waals surface area contributed by atoms with Crippen LogP contribution in [0.2, 0.25) is 10.0 Å². The van der Waals surface area contributed by atoms with E-state index in [4.69, 9.17) is 23.2 Å². The van der Waals surface area contributed by atoms with Gasteiger partial charge in [-0.25, -0.2) is 0 Å². The van der Waals surface area contributed by atoms with E-state index in [1.807, 2.05) is 12.1 Å². The van der Waals surface area contributed by atoms with Gasteiger partial charge in [-0.2, -0.15) is 0 Å². The van der Waals surface area contributed by atoms with Gasteiger partial charge in [0.05, 0.1) is 0 Å². The first-order valence-corrected chi connectivity index (χ1v) is 7.98. The van der Waals surface area contributed by atoms with Gasteiger partial charge in [-0.1, -0.05) is 62.4 Å². The molecule has 1 saturated carbocycles. The Hall–Kier alpha value is -0.240. The smallest absolute Gasteiger partial charge is 0.0458 e. The van der Waals surface area contributed by atoms with Gasteiger partial charge in [-0.15, -0.1) is 0 Å². The average Bonchev–Trinajstić information content (AvgIpc) is 2.37. The average molecular weight is 300 g/mol. The molecule has 0 saturated heterocycles. The lowest BCUT2D eigenvalue weighted by molar-refractivity contribution is 0.273. The van der Waals surface area contributed by atoms with Crippen LogP contribution in [0.3, 0.4) is 0 Å². The van der Waals surface area contributed by atoms with Crippen LogP contribution in [0.4, 0.5) is 0 Å². The SMILES string of the molecule is CC(C)NCC1(c2ccc(Cl)cc2Cl)CCCCC1. The summed E-state index contributed by atoms with van der Waals surface area (Å²) in [5.41, 5.74) is 1.45. The van der Waals surface area contributed by atoms with Gasteiger partial charge in [0.2, 0.25) is 0 Å². The highest BCUT2D eigenvalue weighted by molar-refractivity contribution is 6.35. The molecule has 0 aromatic heterocycles. The number of benzene rings is 1. The van der Waals surface area contributed by atoms with E-state index >= 15 is 0 Å². The van der Waals surface area contributed by atoms with Crippen LogP contribution < -0.4 is 5.32 Å². The van der Waals surface area contributed by atoms with Crippen molar-refractivity contribution >= 4 is 23.2 Å². The Morgan fingerprint density at radius 2 is 1.84 bits per heavy atom. The maximum atomic E-state index is 6.46. The minimum atomic E-state index is 0.185. The van der Waals surface area contributed by atoms with Crippen molar-refractivity contribution in [3.05, 3.63) is 33.8 Å². The molecule has 0 aliphatic heterocycles. The van der Waals surface area contributed by atoms with Crippen LogP contribution in [0.1, 0.15) is 51.5 Å². The van der Waals surface area contributed by atoms with E-state index < -0.39 is 0 Å². The van der Waals surface area contributed by atoms with Crippen molar-refractivity contribution in [3.63, 3.8) is 0 Å². The third-order valence-corrected chi connectivity index (χ3v) is 4.71. The van der Waals surface area contributed by atoms with E-state index in [9.17, 15) is 0 Å². The maximum Gasteiger partial charge on any atom is 0.0458 e. The lowest BCUT2D eigenvalue weighted by Gasteiger charge is -2.39. The van der Waals surface area contributed by atoms with Crippen LogP contribution in [0.5, 0.6) is 0 Å². The first-order valence-electron chi connectivity index (χ1n) is 7.22. The molecule has 1 aromatic rings. The maximum absolute atomic E-state index is 6.46. The van der Waals surface area contributed by atoms with Crippen molar-refractivity contribution in [1.29, 1.82) is 0 Å². The molecular weight excluding hydrogens is 277 g/mol. The summed E-state index contributed by atoms with van der Waals surface area (Å²) < 4.78 is 0. The summed E-state index contributed by atoms with van der Waals surface area (Å²) in [6.45, 7) is 5.39. The highest BCUT2D eigenvalue weighted by atomic mass is 35.5. The van der Waals surface area contributed by atoms with Crippen molar-refractivity contribution in [1.82, 2.24) is 5.32 Å². The fourth-order valence-corrected chi connectivity index (χ4v) is 3.70. The Balaban J connectivity index is 2.30. The molecule has 0 amide bonds. The van der Waals surface area contributed by atoms with Crippen LogP contribution in [0.25, 0.3) is 0 Å². The van der Waals surface area contributed by atoms with E-state index in [1.54, 1.807) is 0 Å². The molecule has 1 nitrogen and oxygen atoms in total. The first kappa shape index (κ1) is 15.2. The zero-order valence-electron chi connectivity index (χ0n) is 11.8. The van der Waals surface area contributed by atoms with Gasteiger partial charge in [0.1, 0.15) is 0 Å². The molecule has 1 fully saturated rings. The summed E-state index contributed by atoms with van der Waals surface area (Å²) in [5.74, 6) is 0. The molecule has 1 aliphatic carbocycles. The Morgan fingerprint density at radius 1 is 1.16 bits per heavy atom. The number of rotatable bonds is 4. The Labute approximate surface area is 126 Å². The molecule has 0 radical (unpaired) electrons. The zero-order chi connectivity index (χ0) is 13.9. The molecule has 0 heterocycles. The van der Waals surface area contributed by atoms with E-state index in [1.165, 1.54) is 37.7 Å². The quantitative estimate of drug-likeness (QED) is 0.806. The molecule has 106 valence electrons. The minimum absolute atomic E-state index is 0.185. The van der Waals surface area contributed by atoms with Crippen molar-refractivity contribution in [2.45, 2.75) is 57.4 Å². The van der Waals surface area contributed by atoms with E-state index in [2.05, 4.69) is 25.2 Å². The molecule has 3 heteroatoms. The van der Waals surface area contributed by atoms with Crippen molar-refractivity contribution in [2.24, 2.45) is 0 Å². The predicted octanol–water partition coefficient (Wildman–Crippen LogP) is 5.19. The lowest BCUT2D eigenvalue weighted by atomic mass is 9.69. The largest absolute Gasteiger partial charge is 0.314 e. The lowest BCUT2D eigenvalue weighted by Crippen LogP contribution is -2.42. The van der Waals surface area contributed by atoms with Crippen LogP contribution in [-0.2, 0) is 5.41 Å². The fourth-order valence-electron chi connectivity index (χ4n) is 3.09. The minimum Gasteiger partial charge on any atom is -0.314 e. The Bertz CT molecular complexity index is 423. The molecule has 1 aromatic carbocycles. The second-order valence-corrected chi connectivity index (χ2v) is 6.84. The summed E-state index contributed by atoms with van der Waals surface area (Å²) >= 11 is 12.5. The second-order valence-electron chi connectivity index (χ2n) is 6.00. The van der Waals surface area contributed by atoms with Crippen molar-refractivity contribution < 1.29 is 0 Å². The van der Waals surface area contributed by atoms with Gasteiger partial charge in [-0.05, 0) is 30.5 Å². The van der Waals surface area contributed by atoms with Gasteiger partial charge < -0.3 is 5.32 Å². The van der Waals surface area contributed by atoms with E-state index in [-0.39, 0.29) is 5.41 Å². The number of halogens is 2. The summed E-state index contributed by atoms with van der Waals surface area (Å²) in [7, 11) is 0. The van der Waals surface area contributed by atoms with Gasteiger partial charge in [0.15, 0.2) is 0 Å². The summed E-state index contributed by atoms with van der Waals surface area (Å²) in [5, 5.41) is 5.14. The Morgan fingerprint density at radius 3 is 2.42 bits per heavy atom. The molecule has 19 heavy (non-hydrogen) atoms. The van der Waals surface area contributed by atoms with Gasteiger partial charge in [0.25, 0.3) is 0 Å². The molecule has 1 aliphatic rings. The van der Waals surface area contributed by atoms with Crippen LogP contribution in [-0.4, -0.2) is 12.6 Å². The molecule has 0 bridgehead atoms. The third-order valence-electron chi connectivity index (χ3n) is 4.16. The zero-order valence-corrected chi connectivity index (χ0v) is 13.3. The molecule has 0 spiro atoms. The van der Waals surface area contributed by atoms with Crippen LogP contribution in [0.15, 0.2) is 18.2 Å². The van der Waals surface area contributed by atoms with Crippen LogP contribution >= 0.6 is 23.2 Å². The number of nitrogens with one attached hydrogen (secondary N) is 1. The normalized spacial score (nSPS) is 18.8. The highest BCUT2D eigenvalue weighted by Crippen LogP contribution is 2.42. The van der Waals surface area contributed by atoms with Crippen molar-refractivity contribution in [3.8, 4) is 0 Å². The summed E-state index contributed by atoms with van der Waals surface area (Å²) in [6, 6.07) is 6.47. The third kappa shape index (κ3) is 3.65. The molecule has 1 N–H and O–H groups in total. The number of hydrogen-bond acceptors (Lipinski definition) is 1.